The molecule has 126 valence electrons. The first-order chi connectivity index (χ1) is 11.2. The van der Waals surface area contributed by atoms with Gasteiger partial charge in [-0.05, 0) is 30.8 Å². The molecule has 0 amide bonds. The third-order valence-electron chi connectivity index (χ3n) is 3.85. The number of aliphatic hydroxyl groups excluding tert-OH is 1. The van der Waals surface area contributed by atoms with Gasteiger partial charge in [-0.2, -0.15) is 5.26 Å². The molecule has 1 saturated heterocycles. The first-order valence-corrected chi connectivity index (χ1v) is 8.07. The number of hydrogen-bond donors (Lipinski definition) is 2. The van der Waals surface area contributed by atoms with Crippen molar-refractivity contribution in [2.24, 2.45) is 0 Å². The van der Waals surface area contributed by atoms with Crippen molar-refractivity contribution in [1.29, 1.82) is 5.26 Å². The van der Waals surface area contributed by atoms with Gasteiger partial charge in [0.25, 0.3) is 0 Å². The van der Waals surface area contributed by atoms with E-state index in [1.54, 1.807) is 24.3 Å². The van der Waals surface area contributed by atoms with Gasteiger partial charge in [0, 0.05) is 26.2 Å². The molecule has 0 spiro atoms. The largest absolute Gasteiger partial charge is 0.491 e. The van der Waals surface area contributed by atoms with Gasteiger partial charge >= 0.3 is 0 Å². The van der Waals surface area contributed by atoms with Crippen LogP contribution in [0.2, 0.25) is 0 Å². The van der Waals surface area contributed by atoms with Gasteiger partial charge in [-0.1, -0.05) is 6.92 Å². The van der Waals surface area contributed by atoms with Gasteiger partial charge in [0.05, 0.1) is 24.3 Å². The Morgan fingerprint density at radius 3 is 2.96 bits per heavy atom. The molecule has 0 aliphatic carbocycles. The van der Waals surface area contributed by atoms with E-state index in [9.17, 15) is 5.11 Å². The minimum Gasteiger partial charge on any atom is -0.491 e. The van der Waals surface area contributed by atoms with Crippen LogP contribution in [0, 0.1) is 11.3 Å². The van der Waals surface area contributed by atoms with E-state index < -0.39 is 6.10 Å². The lowest BCUT2D eigenvalue weighted by atomic mass is 10.2. The summed E-state index contributed by atoms with van der Waals surface area (Å²) in [4.78, 5) is 2.36. The van der Waals surface area contributed by atoms with Crippen LogP contribution >= 0.6 is 0 Å². The van der Waals surface area contributed by atoms with Gasteiger partial charge in [0.2, 0.25) is 0 Å². The van der Waals surface area contributed by atoms with Gasteiger partial charge in [-0.25, -0.2) is 0 Å². The fourth-order valence-electron chi connectivity index (χ4n) is 2.48. The molecule has 2 rings (SSSR count). The Morgan fingerprint density at radius 1 is 1.48 bits per heavy atom. The first kappa shape index (κ1) is 17.7. The highest BCUT2D eigenvalue weighted by Crippen LogP contribution is 2.11. The molecule has 6 nitrogen and oxygen atoms in total. The Kier molecular flexibility index (Phi) is 7.30. The normalized spacial score (nSPS) is 20.0. The topological polar surface area (TPSA) is 77.8 Å². The molecule has 1 fully saturated rings. The van der Waals surface area contributed by atoms with E-state index in [4.69, 9.17) is 14.7 Å². The van der Waals surface area contributed by atoms with Gasteiger partial charge < -0.3 is 19.9 Å². The van der Waals surface area contributed by atoms with Crippen molar-refractivity contribution in [3.05, 3.63) is 29.8 Å². The zero-order valence-corrected chi connectivity index (χ0v) is 13.6. The Labute approximate surface area is 137 Å². The van der Waals surface area contributed by atoms with Crippen LogP contribution < -0.4 is 10.1 Å². The highest BCUT2D eigenvalue weighted by molar-refractivity contribution is 5.34. The predicted molar refractivity (Wildman–Crippen MR) is 87.4 cm³/mol. The maximum atomic E-state index is 9.95. The smallest absolute Gasteiger partial charge is 0.119 e. The molecule has 1 aliphatic rings. The first-order valence-electron chi connectivity index (χ1n) is 8.07. The number of morpholine rings is 1. The van der Waals surface area contributed by atoms with Gasteiger partial charge in [-0.15, -0.1) is 0 Å². The van der Waals surface area contributed by atoms with Crippen LogP contribution in [0.25, 0.3) is 0 Å². The molecule has 1 aromatic rings. The summed E-state index contributed by atoms with van der Waals surface area (Å²) in [5.41, 5.74) is 0.591. The van der Waals surface area contributed by atoms with Crippen LogP contribution in [0.3, 0.4) is 0 Å². The van der Waals surface area contributed by atoms with E-state index in [2.05, 4.69) is 23.2 Å². The van der Waals surface area contributed by atoms with Crippen molar-refractivity contribution in [3.8, 4) is 11.8 Å². The van der Waals surface area contributed by atoms with E-state index >= 15 is 0 Å². The van der Waals surface area contributed by atoms with Crippen LogP contribution in [-0.2, 0) is 4.74 Å². The van der Waals surface area contributed by atoms with Crippen molar-refractivity contribution in [1.82, 2.24) is 10.2 Å². The maximum absolute atomic E-state index is 9.95. The number of hydrogen-bond acceptors (Lipinski definition) is 6. The second-order valence-corrected chi connectivity index (χ2v) is 5.65. The lowest BCUT2D eigenvalue weighted by Gasteiger charge is -2.32. The van der Waals surface area contributed by atoms with E-state index in [1.807, 2.05) is 0 Å². The molecule has 23 heavy (non-hydrogen) atoms. The lowest BCUT2D eigenvalue weighted by Crippen LogP contribution is -2.47. The van der Waals surface area contributed by atoms with Crippen molar-refractivity contribution in [3.63, 3.8) is 0 Å². The summed E-state index contributed by atoms with van der Waals surface area (Å²) < 4.78 is 11.2. The summed E-state index contributed by atoms with van der Waals surface area (Å²) in [6.45, 7) is 7.29. The standard InChI is InChI=1S/C17H25N3O3/c1-2-20-7-8-22-17(12-20)11-19-10-15(21)13-23-16-5-3-14(9-18)4-6-16/h3-6,15,17,19,21H,2,7-8,10-13H2,1H3/t15-,17-/m0/s1. The Balaban J connectivity index is 1.61. The molecule has 1 aliphatic heterocycles. The van der Waals surface area contributed by atoms with Gasteiger partial charge in [-0.3, -0.25) is 4.90 Å². The van der Waals surface area contributed by atoms with Gasteiger partial charge in [0.1, 0.15) is 18.5 Å². The van der Waals surface area contributed by atoms with Crippen LogP contribution in [0.5, 0.6) is 5.75 Å². The molecule has 0 unspecified atom stereocenters. The molecule has 0 saturated carbocycles. The fourth-order valence-corrected chi connectivity index (χ4v) is 2.48. The number of benzene rings is 1. The Morgan fingerprint density at radius 2 is 2.26 bits per heavy atom. The minimum absolute atomic E-state index is 0.176. The average Bonchev–Trinajstić information content (AvgIpc) is 2.60. The van der Waals surface area contributed by atoms with Crippen LogP contribution in [0.4, 0.5) is 0 Å². The van der Waals surface area contributed by atoms with Crippen molar-refractivity contribution in [2.45, 2.75) is 19.1 Å². The predicted octanol–water partition coefficient (Wildman–Crippen LogP) is 0.608. The van der Waals surface area contributed by atoms with Crippen LogP contribution in [-0.4, -0.2) is 68.2 Å². The van der Waals surface area contributed by atoms with Gasteiger partial charge in [0.15, 0.2) is 0 Å². The molecule has 0 aromatic heterocycles. The minimum atomic E-state index is -0.587. The summed E-state index contributed by atoms with van der Waals surface area (Å²) in [6, 6.07) is 8.90. The van der Waals surface area contributed by atoms with Crippen molar-refractivity contribution >= 4 is 0 Å². The molecule has 0 radical (unpaired) electrons. The number of likely N-dealkylation sites (N-methyl/N-ethyl adjacent to an activating group) is 1. The summed E-state index contributed by atoms with van der Waals surface area (Å²) in [5.74, 6) is 0.650. The number of aliphatic hydroxyl groups is 1. The van der Waals surface area contributed by atoms with E-state index in [0.29, 0.717) is 17.9 Å². The third-order valence-corrected chi connectivity index (χ3v) is 3.85. The number of nitrogens with zero attached hydrogens (tertiary/aromatic N) is 2. The molecule has 1 heterocycles. The summed E-state index contributed by atoms with van der Waals surface area (Å²) in [7, 11) is 0. The van der Waals surface area contributed by atoms with Crippen molar-refractivity contribution < 1.29 is 14.6 Å². The van der Waals surface area contributed by atoms with E-state index in [0.717, 1.165) is 32.8 Å². The second-order valence-electron chi connectivity index (χ2n) is 5.65. The second kappa shape index (κ2) is 9.48. The summed E-state index contributed by atoms with van der Waals surface area (Å²) >= 11 is 0. The monoisotopic (exact) mass is 319 g/mol. The number of nitrogens with one attached hydrogen (secondary N) is 1. The number of ether oxygens (including phenoxy) is 2. The zero-order valence-electron chi connectivity index (χ0n) is 13.6. The summed E-state index contributed by atoms with van der Waals surface area (Å²) in [5, 5.41) is 21.9. The third kappa shape index (κ3) is 6.16. The molecule has 1 aromatic carbocycles. The molecule has 2 N–H and O–H groups in total. The number of nitriles is 1. The molecular formula is C17H25N3O3. The molecular weight excluding hydrogens is 294 g/mol. The van der Waals surface area contributed by atoms with Crippen molar-refractivity contribution in [2.75, 3.05) is 45.9 Å². The summed E-state index contributed by atoms with van der Waals surface area (Å²) in [6.07, 6.45) is -0.410. The fraction of sp³-hybridized carbons (Fsp3) is 0.588. The number of rotatable bonds is 8. The zero-order chi connectivity index (χ0) is 16.5. The van der Waals surface area contributed by atoms with Crippen LogP contribution in [0.15, 0.2) is 24.3 Å². The van der Waals surface area contributed by atoms with E-state index in [-0.39, 0.29) is 12.7 Å². The average molecular weight is 319 g/mol. The highest BCUT2D eigenvalue weighted by atomic mass is 16.5. The highest BCUT2D eigenvalue weighted by Gasteiger charge is 2.19. The Bertz CT molecular complexity index is 501. The van der Waals surface area contributed by atoms with Crippen LogP contribution in [0.1, 0.15) is 12.5 Å². The molecule has 0 bridgehead atoms. The molecule has 6 heteroatoms. The quantitative estimate of drug-likeness (QED) is 0.731. The Hall–Kier alpha value is -1.65. The van der Waals surface area contributed by atoms with E-state index in [1.165, 1.54) is 0 Å². The lowest BCUT2D eigenvalue weighted by molar-refractivity contribution is -0.0266. The SMILES string of the molecule is CCN1CCO[C@@H](CNC[C@H](O)COc2ccc(C#N)cc2)C1. The molecule has 2 atom stereocenters. The maximum Gasteiger partial charge on any atom is 0.119 e.